The fourth-order valence-electron chi connectivity index (χ4n) is 4.86. The smallest absolute Gasteiger partial charge is 0.252 e. The van der Waals surface area contributed by atoms with Crippen molar-refractivity contribution >= 4 is 10.9 Å². The molecule has 1 N–H and O–H groups in total. The summed E-state index contributed by atoms with van der Waals surface area (Å²) < 4.78 is 1.89. The van der Waals surface area contributed by atoms with Crippen LogP contribution < -0.4 is 5.56 Å². The third-order valence-corrected chi connectivity index (χ3v) is 6.79. The van der Waals surface area contributed by atoms with Crippen LogP contribution >= 0.6 is 0 Å². The lowest BCUT2D eigenvalue weighted by Crippen LogP contribution is -2.32. The Morgan fingerprint density at radius 2 is 1.84 bits per heavy atom. The van der Waals surface area contributed by atoms with Gasteiger partial charge < -0.3 is 4.98 Å². The maximum atomic E-state index is 13.2. The van der Waals surface area contributed by atoms with Crippen molar-refractivity contribution < 1.29 is 0 Å². The van der Waals surface area contributed by atoms with Gasteiger partial charge in [-0.25, -0.2) is 4.68 Å². The van der Waals surface area contributed by atoms with E-state index in [0.717, 1.165) is 40.7 Å². The molecule has 0 spiro atoms. The Kier molecular flexibility index (Phi) is 7.46. The largest absolute Gasteiger partial charge is 0.321 e. The number of benzene rings is 2. The normalized spacial score (nSPS) is 12.3. The van der Waals surface area contributed by atoms with Crippen LogP contribution in [0.5, 0.6) is 0 Å². The van der Waals surface area contributed by atoms with Crippen molar-refractivity contribution in [3.05, 3.63) is 118 Å². The minimum absolute atomic E-state index is 0.0727. The zero-order valence-electron chi connectivity index (χ0n) is 21.2. The van der Waals surface area contributed by atoms with Gasteiger partial charge in [0.2, 0.25) is 0 Å². The van der Waals surface area contributed by atoms with E-state index in [2.05, 4.69) is 55.5 Å². The molecular formula is C29H31N7O. The summed E-state index contributed by atoms with van der Waals surface area (Å²) in [6.07, 6.45) is 5.26. The van der Waals surface area contributed by atoms with Gasteiger partial charge in [-0.2, -0.15) is 0 Å². The van der Waals surface area contributed by atoms with Gasteiger partial charge in [-0.3, -0.25) is 14.7 Å². The highest BCUT2D eigenvalue weighted by atomic mass is 16.1. The second-order valence-electron chi connectivity index (χ2n) is 9.35. The lowest BCUT2D eigenvalue weighted by Gasteiger charge is -2.30. The van der Waals surface area contributed by atoms with Crippen LogP contribution in [0.15, 0.2) is 83.9 Å². The molecule has 1 atom stereocenters. The van der Waals surface area contributed by atoms with Gasteiger partial charge in [0.05, 0.1) is 11.6 Å². The minimum atomic E-state index is -0.0846. The summed E-state index contributed by atoms with van der Waals surface area (Å²) in [5.41, 5.74) is 4.88. The van der Waals surface area contributed by atoms with Gasteiger partial charge in [-0.1, -0.05) is 61.5 Å². The summed E-state index contributed by atoms with van der Waals surface area (Å²) in [5.74, 6) is 0.801. The Labute approximate surface area is 216 Å². The van der Waals surface area contributed by atoms with Crippen molar-refractivity contribution in [2.24, 2.45) is 0 Å². The second kappa shape index (κ2) is 11.3. The predicted octanol–water partition coefficient (Wildman–Crippen LogP) is 4.61. The first-order valence-corrected chi connectivity index (χ1v) is 12.7. The molecule has 0 fully saturated rings. The molecule has 0 amide bonds. The molecule has 0 saturated carbocycles. The van der Waals surface area contributed by atoms with Gasteiger partial charge in [-0.15, -0.1) is 5.10 Å². The molecule has 0 aliphatic carbocycles. The molecule has 1 unspecified atom stereocenters. The minimum Gasteiger partial charge on any atom is -0.321 e. The second-order valence-corrected chi connectivity index (χ2v) is 9.35. The Balaban J connectivity index is 1.48. The Hall–Kier alpha value is -4.17. The molecule has 37 heavy (non-hydrogen) atoms. The monoisotopic (exact) mass is 493 g/mol. The number of pyridine rings is 2. The molecular weight excluding hydrogens is 462 g/mol. The first-order valence-electron chi connectivity index (χ1n) is 12.7. The van der Waals surface area contributed by atoms with Gasteiger partial charge in [-0.05, 0) is 64.4 Å². The fourth-order valence-corrected chi connectivity index (χ4v) is 4.86. The number of H-pyrrole nitrogens is 1. The van der Waals surface area contributed by atoms with Crippen LogP contribution in [0, 0.1) is 6.92 Å². The van der Waals surface area contributed by atoms with Crippen molar-refractivity contribution in [2.75, 3.05) is 0 Å². The number of fused-ring (bicyclic) bond motifs is 1. The fraction of sp³-hybridized carbons (Fsp3) is 0.276. The summed E-state index contributed by atoms with van der Waals surface area (Å²) in [6.45, 7) is 5.89. The zero-order valence-corrected chi connectivity index (χ0v) is 21.2. The maximum absolute atomic E-state index is 13.2. The highest BCUT2D eigenvalue weighted by Gasteiger charge is 2.26. The van der Waals surface area contributed by atoms with E-state index in [9.17, 15) is 4.79 Å². The molecule has 0 radical (unpaired) electrons. The first-order chi connectivity index (χ1) is 18.1. The van der Waals surface area contributed by atoms with E-state index < -0.39 is 0 Å². The van der Waals surface area contributed by atoms with E-state index in [-0.39, 0.29) is 11.6 Å². The van der Waals surface area contributed by atoms with Crippen LogP contribution in [0.4, 0.5) is 0 Å². The molecule has 2 aromatic carbocycles. The van der Waals surface area contributed by atoms with E-state index in [4.69, 9.17) is 0 Å². The molecule has 0 bridgehead atoms. The lowest BCUT2D eigenvalue weighted by molar-refractivity contribution is 0.160. The van der Waals surface area contributed by atoms with E-state index in [0.29, 0.717) is 25.2 Å². The molecule has 3 heterocycles. The highest BCUT2D eigenvalue weighted by Crippen LogP contribution is 2.27. The molecule has 8 heteroatoms. The predicted molar refractivity (Wildman–Crippen MR) is 144 cm³/mol. The molecule has 0 saturated heterocycles. The number of aromatic amines is 1. The number of rotatable bonds is 10. The lowest BCUT2D eigenvalue weighted by atomic mass is 10.1. The Morgan fingerprint density at radius 1 is 1.00 bits per heavy atom. The Morgan fingerprint density at radius 3 is 2.62 bits per heavy atom. The van der Waals surface area contributed by atoms with Gasteiger partial charge >= 0.3 is 0 Å². The number of para-hydroxylation sites is 1. The van der Waals surface area contributed by atoms with Crippen LogP contribution in [0.3, 0.4) is 0 Å². The van der Waals surface area contributed by atoms with Crippen molar-refractivity contribution in [2.45, 2.75) is 52.4 Å². The third-order valence-electron chi connectivity index (χ3n) is 6.79. The summed E-state index contributed by atoms with van der Waals surface area (Å²) in [7, 11) is 0. The quantitative estimate of drug-likeness (QED) is 0.305. The SMILES string of the molecule is CCC(c1nnnn1CCc1ccccc1)N(Cc1cccnc1)Cc1cc2cccc(C)c2[nH]c1=O. The van der Waals surface area contributed by atoms with E-state index in [1.54, 1.807) is 6.20 Å². The molecule has 188 valence electrons. The van der Waals surface area contributed by atoms with Crippen molar-refractivity contribution in [1.29, 1.82) is 0 Å². The van der Waals surface area contributed by atoms with E-state index in [1.165, 1.54) is 5.56 Å². The summed E-state index contributed by atoms with van der Waals surface area (Å²) in [5, 5.41) is 13.8. The van der Waals surface area contributed by atoms with E-state index in [1.807, 2.05) is 66.3 Å². The molecule has 0 aliphatic heterocycles. The number of nitrogens with one attached hydrogen (secondary N) is 1. The van der Waals surface area contributed by atoms with Crippen LogP contribution in [-0.4, -0.2) is 35.1 Å². The number of nitrogens with zero attached hydrogens (tertiary/aromatic N) is 6. The Bertz CT molecular complexity index is 1510. The molecule has 3 aromatic heterocycles. The van der Waals surface area contributed by atoms with Crippen LogP contribution in [0.2, 0.25) is 0 Å². The molecule has 0 aliphatic rings. The number of aryl methyl sites for hydroxylation is 3. The van der Waals surface area contributed by atoms with Gasteiger partial charge in [0.15, 0.2) is 5.82 Å². The number of hydrogen-bond donors (Lipinski definition) is 1. The molecule has 5 rings (SSSR count). The average molecular weight is 494 g/mol. The topological polar surface area (TPSA) is 92.6 Å². The zero-order chi connectivity index (χ0) is 25.6. The van der Waals surface area contributed by atoms with Gasteiger partial charge in [0.1, 0.15) is 0 Å². The number of hydrogen-bond acceptors (Lipinski definition) is 6. The standard InChI is InChI=1S/C29H31N7O/c1-3-26(28-32-33-34-36(28)16-14-22-10-5-4-6-11-22)35(19-23-12-8-15-30-18-23)20-25-17-24-13-7-9-21(2)27(24)31-29(25)37/h4-13,15,17-18,26H,3,14,16,19-20H2,1-2H3,(H,31,37). The molecule has 5 aromatic rings. The summed E-state index contributed by atoms with van der Waals surface area (Å²) >= 11 is 0. The average Bonchev–Trinajstić information content (AvgIpc) is 3.38. The molecule has 8 nitrogen and oxygen atoms in total. The summed E-state index contributed by atoms with van der Waals surface area (Å²) in [4.78, 5) is 22.8. The number of tetrazole rings is 1. The van der Waals surface area contributed by atoms with Crippen molar-refractivity contribution in [3.8, 4) is 0 Å². The first kappa shape index (κ1) is 24.5. The van der Waals surface area contributed by atoms with Crippen LogP contribution in [0.1, 0.15) is 47.5 Å². The highest BCUT2D eigenvalue weighted by molar-refractivity contribution is 5.81. The van der Waals surface area contributed by atoms with Crippen LogP contribution in [-0.2, 0) is 26.1 Å². The third kappa shape index (κ3) is 5.65. The van der Waals surface area contributed by atoms with Gasteiger partial charge in [0.25, 0.3) is 5.56 Å². The van der Waals surface area contributed by atoms with Crippen LogP contribution in [0.25, 0.3) is 10.9 Å². The van der Waals surface area contributed by atoms with E-state index >= 15 is 0 Å². The summed E-state index contributed by atoms with van der Waals surface area (Å²) in [6, 6.07) is 22.3. The van der Waals surface area contributed by atoms with Gasteiger partial charge in [0, 0.05) is 37.6 Å². The number of aromatic nitrogens is 6. The van der Waals surface area contributed by atoms with Crippen molar-refractivity contribution in [3.63, 3.8) is 0 Å². The maximum Gasteiger partial charge on any atom is 0.252 e. The van der Waals surface area contributed by atoms with Crippen molar-refractivity contribution in [1.82, 2.24) is 35.1 Å².